The quantitative estimate of drug-likeness (QED) is 0.813. The molecule has 1 saturated carbocycles. The summed E-state index contributed by atoms with van der Waals surface area (Å²) in [5.41, 5.74) is 2.39. The molecule has 0 bridgehead atoms. The molecule has 0 radical (unpaired) electrons. The first-order chi connectivity index (χ1) is 8.39. The van der Waals surface area contributed by atoms with Crippen molar-refractivity contribution in [2.24, 2.45) is 16.7 Å². The topological polar surface area (TPSA) is 17.0 Å². The molecule has 2 heteroatoms. The van der Waals surface area contributed by atoms with Crippen LogP contribution in [0.25, 0.3) is 0 Å². The Labute approximate surface area is 112 Å². The lowest BCUT2D eigenvalue weighted by Crippen LogP contribution is -2.18. The van der Waals surface area contributed by atoms with Gasteiger partial charge in [0, 0.05) is 25.5 Å². The molecule has 0 aromatic carbocycles. The summed E-state index contributed by atoms with van der Waals surface area (Å²) in [6.07, 6.45) is 5.65. The average molecular weight is 248 g/mol. The van der Waals surface area contributed by atoms with E-state index >= 15 is 0 Å². The molecule has 1 aliphatic carbocycles. The molecule has 0 amide bonds. The van der Waals surface area contributed by atoms with Gasteiger partial charge in [0.1, 0.15) is 0 Å². The average Bonchev–Trinajstić information content (AvgIpc) is 2.67. The van der Waals surface area contributed by atoms with E-state index in [-0.39, 0.29) is 0 Å². The van der Waals surface area contributed by atoms with E-state index in [1.54, 1.807) is 0 Å². The van der Waals surface area contributed by atoms with Crippen LogP contribution in [0.5, 0.6) is 0 Å². The van der Waals surface area contributed by atoms with Crippen molar-refractivity contribution in [2.75, 3.05) is 6.54 Å². The molecule has 1 aromatic rings. The summed E-state index contributed by atoms with van der Waals surface area (Å²) in [6.45, 7) is 15.0. The molecule has 102 valence electrons. The maximum absolute atomic E-state index is 3.62. The number of aromatic nitrogens is 1. The molecule has 1 aromatic heterocycles. The highest BCUT2D eigenvalue weighted by Gasteiger charge is 2.63. The van der Waals surface area contributed by atoms with E-state index in [0.29, 0.717) is 10.8 Å². The highest BCUT2D eigenvalue weighted by Crippen LogP contribution is 2.67. The third-order valence-corrected chi connectivity index (χ3v) is 5.29. The number of nitrogens with zero attached hydrogens (tertiary/aromatic N) is 1. The van der Waals surface area contributed by atoms with Gasteiger partial charge in [0.25, 0.3) is 0 Å². The van der Waals surface area contributed by atoms with Gasteiger partial charge in [-0.15, -0.1) is 0 Å². The first-order valence-corrected chi connectivity index (χ1v) is 7.25. The fraction of sp³-hybridized carbons (Fsp3) is 0.750. The van der Waals surface area contributed by atoms with Crippen LogP contribution in [0.4, 0.5) is 0 Å². The van der Waals surface area contributed by atoms with Crippen LogP contribution in [0.1, 0.15) is 46.6 Å². The molecular formula is C16H28N2. The number of hydrogen-bond acceptors (Lipinski definition) is 1. The number of hydrogen-bond donors (Lipinski definition) is 1. The van der Waals surface area contributed by atoms with Crippen LogP contribution in [0.2, 0.25) is 0 Å². The molecule has 0 atom stereocenters. The second-order valence-corrected chi connectivity index (χ2v) is 6.88. The zero-order valence-electron chi connectivity index (χ0n) is 12.6. The second-order valence-electron chi connectivity index (χ2n) is 6.88. The van der Waals surface area contributed by atoms with E-state index in [9.17, 15) is 0 Å². The van der Waals surface area contributed by atoms with E-state index in [2.05, 4.69) is 63.0 Å². The van der Waals surface area contributed by atoms with E-state index in [4.69, 9.17) is 0 Å². The zero-order valence-corrected chi connectivity index (χ0v) is 12.6. The molecule has 0 aliphatic heterocycles. The van der Waals surface area contributed by atoms with Crippen molar-refractivity contribution in [2.45, 2.75) is 54.1 Å². The van der Waals surface area contributed by atoms with Gasteiger partial charge in [-0.05, 0) is 41.3 Å². The zero-order chi connectivity index (χ0) is 13.4. The molecular weight excluding hydrogens is 220 g/mol. The molecule has 1 aliphatic rings. The normalized spacial score (nSPS) is 21.2. The summed E-state index contributed by atoms with van der Waals surface area (Å²) < 4.78 is 2.28. The Hall–Kier alpha value is -0.760. The van der Waals surface area contributed by atoms with Crippen molar-refractivity contribution in [3.8, 4) is 0 Å². The predicted molar refractivity (Wildman–Crippen MR) is 77.5 cm³/mol. The molecule has 18 heavy (non-hydrogen) atoms. The van der Waals surface area contributed by atoms with Crippen molar-refractivity contribution < 1.29 is 0 Å². The van der Waals surface area contributed by atoms with Crippen LogP contribution < -0.4 is 5.32 Å². The minimum Gasteiger partial charge on any atom is -0.354 e. The highest BCUT2D eigenvalue weighted by atomic mass is 15.0. The first kappa shape index (κ1) is 13.7. The van der Waals surface area contributed by atoms with Gasteiger partial charge in [0.05, 0.1) is 0 Å². The van der Waals surface area contributed by atoms with Gasteiger partial charge in [-0.25, -0.2) is 0 Å². The molecule has 1 N–H and O–H groups in total. The standard InChI is InChI=1S/C16H28N2/c1-6-8-18-9-7-13(12-18)10-17-11-14-15(2,3)16(14,4)5/h7,9,12,14,17H,6,8,10-11H2,1-5H3. The Bertz CT molecular complexity index is 387. The second kappa shape index (κ2) is 4.73. The lowest BCUT2D eigenvalue weighted by molar-refractivity contribution is 0.457. The molecule has 2 rings (SSSR count). The van der Waals surface area contributed by atoms with Gasteiger partial charge in [0.2, 0.25) is 0 Å². The first-order valence-electron chi connectivity index (χ1n) is 7.25. The van der Waals surface area contributed by atoms with Crippen molar-refractivity contribution in [1.82, 2.24) is 9.88 Å². The minimum absolute atomic E-state index is 0.494. The number of nitrogens with one attached hydrogen (secondary N) is 1. The third kappa shape index (κ3) is 2.35. The monoisotopic (exact) mass is 248 g/mol. The lowest BCUT2D eigenvalue weighted by Gasteiger charge is -2.05. The highest BCUT2D eigenvalue weighted by molar-refractivity contribution is 5.14. The van der Waals surface area contributed by atoms with Crippen LogP contribution in [0, 0.1) is 16.7 Å². The summed E-state index contributed by atoms with van der Waals surface area (Å²) in [4.78, 5) is 0. The van der Waals surface area contributed by atoms with Crippen molar-refractivity contribution in [1.29, 1.82) is 0 Å². The maximum Gasteiger partial charge on any atom is 0.0220 e. The van der Waals surface area contributed by atoms with E-state index in [0.717, 1.165) is 25.6 Å². The minimum atomic E-state index is 0.494. The Balaban J connectivity index is 1.76. The lowest BCUT2D eigenvalue weighted by atomic mass is 10.0. The van der Waals surface area contributed by atoms with Crippen LogP contribution in [-0.4, -0.2) is 11.1 Å². The fourth-order valence-electron chi connectivity index (χ4n) is 3.20. The predicted octanol–water partition coefficient (Wildman–Crippen LogP) is 3.67. The summed E-state index contributed by atoms with van der Waals surface area (Å²) in [5.74, 6) is 0.808. The van der Waals surface area contributed by atoms with Crippen LogP contribution in [0.3, 0.4) is 0 Å². The van der Waals surface area contributed by atoms with Gasteiger partial charge in [-0.3, -0.25) is 0 Å². The Kier molecular flexibility index (Phi) is 3.59. The van der Waals surface area contributed by atoms with Crippen LogP contribution >= 0.6 is 0 Å². The largest absolute Gasteiger partial charge is 0.354 e. The summed E-state index contributed by atoms with van der Waals surface area (Å²) >= 11 is 0. The Morgan fingerprint density at radius 2 is 1.89 bits per heavy atom. The van der Waals surface area contributed by atoms with Gasteiger partial charge in [0.15, 0.2) is 0 Å². The van der Waals surface area contributed by atoms with Crippen LogP contribution in [-0.2, 0) is 13.1 Å². The van der Waals surface area contributed by atoms with Crippen molar-refractivity contribution >= 4 is 0 Å². The van der Waals surface area contributed by atoms with Gasteiger partial charge < -0.3 is 9.88 Å². The fourth-order valence-corrected chi connectivity index (χ4v) is 3.20. The molecule has 0 spiro atoms. The summed E-state index contributed by atoms with van der Waals surface area (Å²) in [5, 5.41) is 3.62. The van der Waals surface area contributed by atoms with Crippen molar-refractivity contribution in [3.05, 3.63) is 24.0 Å². The Morgan fingerprint density at radius 1 is 1.22 bits per heavy atom. The van der Waals surface area contributed by atoms with Crippen molar-refractivity contribution in [3.63, 3.8) is 0 Å². The molecule has 1 heterocycles. The molecule has 0 saturated heterocycles. The smallest absolute Gasteiger partial charge is 0.0220 e. The van der Waals surface area contributed by atoms with Gasteiger partial charge in [-0.1, -0.05) is 34.6 Å². The van der Waals surface area contributed by atoms with Crippen LogP contribution in [0.15, 0.2) is 18.5 Å². The summed E-state index contributed by atoms with van der Waals surface area (Å²) in [7, 11) is 0. The summed E-state index contributed by atoms with van der Waals surface area (Å²) in [6, 6.07) is 2.23. The Morgan fingerprint density at radius 3 is 2.44 bits per heavy atom. The SMILES string of the molecule is CCCn1ccc(CNCC2C(C)(C)C2(C)C)c1. The number of rotatable bonds is 6. The van der Waals surface area contributed by atoms with E-state index in [1.807, 2.05) is 0 Å². The number of aryl methyl sites for hydroxylation is 1. The third-order valence-electron chi connectivity index (χ3n) is 5.29. The van der Waals surface area contributed by atoms with Gasteiger partial charge >= 0.3 is 0 Å². The molecule has 1 fully saturated rings. The maximum atomic E-state index is 3.62. The molecule has 0 unspecified atom stereocenters. The van der Waals surface area contributed by atoms with E-state index < -0.39 is 0 Å². The van der Waals surface area contributed by atoms with E-state index in [1.165, 1.54) is 12.0 Å². The molecule has 2 nitrogen and oxygen atoms in total. The van der Waals surface area contributed by atoms with Gasteiger partial charge in [-0.2, -0.15) is 0 Å².